The summed E-state index contributed by atoms with van der Waals surface area (Å²) < 4.78 is 19.0. The first kappa shape index (κ1) is 30.6. The van der Waals surface area contributed by atoms with Gasteiger partial charge >= 0.3 is 5.97 Å². The zero-order valence-electron chi connectivity index (χ0n) is 24.9. The van der Waals surface area contributed by atoms with Crippen molar-refractivity contribution in [3.05, 3.63) is 84.5 Å². The molecule has 1 aromatic heterocycles. The first-order chi connectivity index (χ1) is 20.7. The molecule has 1 fully saturated rings. The van der Waals surface area contributed by atoms with E-state index in [9.17, 15) is 14.4 Å². The second kappa shape index (κ2) is 13.2. The van der Waals surface area contributed by atoms with Crippen molar-refractivity contribution in [3.63, 3.8) is 0 Å². The van der Waals surface area contributed by atoms with E-state index in [1.54, 1.807) is 60.2 Å². The third-order valence-corrected chi connectivity index (χ3v) is 9.04. The van der Waals surface area contributed by atoms with Gasteiger partial charge in [-0.1, -0.05) is 29.5 Å². The van der Waals surface area contributed by atoms with Gasteiger partial charge in [0.1, 0.15) is 0 Å². The molecule has 0 radical (unpaired) electrons. The van der Waals surface area contributed by atoms with Crippen molar-refractivity contribution in [2.75, 3.05) is 33.1 Å². The largest absolute Gasteiger partial charge is 0.493 e. The summed E-state index contributed by atoms with van der Waals surface area (Å²) in [7, 11) is 1.53. The Morgan fingerprint density at radius 1 is 1.12 bits per heavy atom. The van der Waals surface area contributed by atoms with Gasteiger partial charge in [-0.3, -0.25) is 14.2 Å². The molecule has 3 aromatic rings. The Bertz CT molecular complexity index is 1730. The second-order valence-electron chi connectivity index (χ2n) is 10.6. The Kier molecular flexibility index (Phi) is 9.41. The summed E-state index contributed by atoms with van der Waals surface area (Å²) >= 11 is 2.87. The molecule has 9 nitrogen and oxygen atoms in total. The molecular weight excluding hydrogens is 587 g/mol. The fraction of sp³-hybridized carbons (Fsp3) is 0.375. The van der Waals surface area contributed by atoms with Crippen molar-refractivity contribution in [3.8, 4) is 11.5 Å². The molecule has 0 N–H and O–H groups in total. The molecule has 0 spiro atoms. The van der Waals surface area contributed by atoms with Crippen LogP contribution in [-0.2, 0) is 14.3 Å². The third kappa shape index (κ3) is 6.57. The fourth-order valence-corrected chi connectivity index (χ4v) is 6.66. The highest BCUT2D eigenvalue weighted by Crippen LogP contribution is 2.32. The number of rotatable bonds is 9. The molecule has 2 aliphatic rings. The van der Waals surface area contributed by atoms with Crippen LogP contribution in [-0.4, -0.2) is 60.5 Å². The van der Waals surface area contributed by atoms with Crippen LogP contribution in [0.3, 0.4) is 0 Å². The van der Waals surface area contributed by atoms with Crippen LogP contribution in [0.4, 0.5) is 0 Å². The molecule has 43 heavy (non-hydrogen) atoms. The molecule has 0 bridgehead atoms. The van der Waals surface area contributed by atoms with Gasteiger partial charge < -0.3 is 19.1 Å². The number of allylic oxidation sites excluding steroid dienone is 1. The molecule has 3 heterocycles. The number of likely N-dealkylation sites (tertiary alicyclic amines) is 1. The fourth-order valence-electron chi connectivity index (χ4n) is 5.20. The van der Waals surface area contributed by atoms with Crippen LogP contribution in [0.1, 0.15) is 50.8 Å². The number of nitrogens with zero attached hydrogens (tertiary/aromatic N) is 3. The first-order valence-electron chi connectivity index (χ1n) is 14.2. The van der Waals surface area contributed by atoms with Crippen LogP contribution in [0.5, 0.6) is 11.5 Å². The summed E-state index contributed by atoms with van der Waals surface area (Å²) in [6, 6.07) is 12.5. The first-order valence-corrected chi connectivity index (χ1v) is 16.2. The number of benzene rings is 2. The van der Waals surface area contributed by atoms with Crippen LogP contribution in [0, 0.1) is 0 Å². The SMILES string of the molecule is COc1cc(/C=c2\sc3n(c2=O)[C@@H](c2ccc(SC)cc2)C(C(=O)OC(C)C)=C(C)N=3)ccc1OCC(=O)N1CCCC1. The lowest BCUT2D eigenvalue weighted by atomic mass is 9.96. The molecule has 1 amide bonds. The second-order valence-corrected chi connectivity index (χ2v) is 12.5. The van der Waals surface area contributed by atoms with E-state index in [2.05, 4.69) is 4.99 Å². The van der Waals surface area contributed by atoms with Crippen molar-refractivity contribution in [1.29, 1.82) is 0 Å². The number of aromatic nitrogens is 1. The summed E-state index contributed by atoms with van der Waals surface area (Å²) in [6.07, 6.45) is 5.48. The topological polar surface area (TPSA) is 99.4 Å². The van der Waals surface area contributed by atoms with Gasteiger partial charge in [0.2, 0.25) is 0 Å². The highest BCUT2D eigenvalue weighted by molar-refractivity contribution is 7.98. The monoisotopic (exact) mass is 621 g/mol. The minimum Gasteiger partial charge on any atom is -0.493 e. The number of esters is 1. The zero-order chi connectivity index (χ0) is 30.7. The Morgan fingerprint density at radius 3 is 2.49 bits per heavy atom. The van der Waals surface area contributed by atoms with Gasteiger partial charge in [-0.25, -0.2) is 9.79 Å². The molecule has 5 rings (SSSR count). The number of carbonyl (C=O) groups is 2. The zero-order valence-corrected chi connectivity index (χ0v) is 26.5. The molecule has 1 atom stereocenters. The van der Waals surface area contributed by atoms with Crippen molar-refractivity contribution in [2.45, 2.75) is 50.7 Å². The maximum absolute atomic E-state index is 14.0. The van der Waals surface area contributed by atoms with Crippen molar-refractivity contribution < 1.29 is 23.8 Å². The normalized spacial score (nSPS) is 16.7. The summed E-state index contributed by atoms with van der Waals surface area (Å²) in [5.41, 5.74) is 2.11. The van der Waals surface area contributed by atoms with Crippen molar-refractivity contribution in [2.24, 2.45) is 4.99 Å². The van der Waals surface area contributed by atoms with E-state index in [1.807, 2.05) is 36.6 Å². The number of methoxy groups -OCH3 is 1. The van der Waals surface area contributed by atoms with Crippen LogP contribution in [0.2, 0.25) is 0 Å². The number of amides is 1. The van der Waals surface area contributed by atoms with E-state index in [0.717, 1.165) is 42.0 Å². The maximum Gasteiger partial charge on any atom is 0.338 e. The average molecular weight is 622 g/mol. The predicted octanol–water partition coefficient (Wildman–Crippen LogP) is 3.92. The Labute approximate surface area is 258 Å². The lowest BCUT2D eigenvalue weighted by Gasteiger charge is -2.25. The van der Waals surface area contributed by atoms with Gasteiger partial charge in [0.15, 0.2) is 22.9 Å². The molecule has 2 aromatic carbocycles. The summed E-state index contributed by atoms with van der Waals surface area (Å²) in [6.45, 7) is 6.82. The number of thiazole rings is 1. The van der Waals surface area contributed by atoms with Crippen LogP contribution < -0.4 is 24.4 Å². The van der Waals surface area contributed by atoms with Gasteiger partial charge in [0, 0.05) is 18.0 Å². The van der Waals surface area contributed by atoms with Crippen LogP contribution >= 0.6 is 23.1 Å². The van der Waals surface area contributed by atoms with E-state index in [-0.39, 0.29) is 24.2 Å². The van der Waals surface area contributed by atoms with Crippen molar-refractivity contribution in [1.82, 2.24) is 9.47 Å². The standard InChI is InChI=1S/C32H35N3O6S2/c1-19(2)41-31(38)28-20(3)33-32-35(29(28)22-9-11-23(42-5)12-10-22)30(37)26(43-32)17-21-8-13-24(25(16-21)39-4)40-18-27(36)34-14-6-7-15-34/h8-13,16-17,19,29H,6-7,14-15,18H2,1-5H3/b26-17-/t29-/m0/s1. The molecule has 0 saturated carbocycles. The van der Waals surface area contributed by atoms with E-state index in [0.29, 0.717) is 32.1 Å². The Morgan fingerprint density at radius 2 is 1.84 bits per heavy atom. The number of ether oxygens (including phenoxy) is 3. The number of thioether (sulfide) groups is 1. The maximum atomic E-state index is 14.0. The minimum atomic E-state index is -0.681. The lowest BCUT2D eigenvalue weighted by Crippen LogP contribution is -2.40. The summed E-state index contributed by atoms with van der Waals surface area (Å²) in [4.78, 5) is 47.7. The number of carbonyl (C=O) groups excluding carboxylic acids is 2. The number of hydrogen-bond donors (Lipinski definition) is 0. The predicted molar refractivity (Wildman–Crippen MR) is 168 cm³/mol. The Hall–Kier alpha value is -3.83. The molecule has 11 heteroatoms. The van der Waals surface area contributed by atoms with Crippen LogP contribution in [0.15, 0.2) is 68.4 Å². The number of fused-ring (bicyclic) bond motifs is 1. The molecule has 2 aliphatic heterocycles. The summed E-state index contributed by atoms with van der Waals surface area (Å²) in [5.74, 6) is 0.366. The highest BCUT2D eigenvalue weighted by atomic mass is 32.2. The summed E-state index contributed by atoms with van der Waals surface area (Å²) in [5, 5.41) is 0. The van der Waals surface area contributed by atoms with E-state index < -0.39 is 12.0 Å². The van der Waals surface area contributed by atoms with E-state index in [4.69, 9.17) is 14.2 Å². The van der Waals surface area contributed by atoms with Gasteiger partial charge in [-0.2, -0.15) is 0 Å². The van der Waals surface area contributed by atoms with Gasteiger partial charge in [0.25, 0.3) is 11.5 Å². The van der Waals surface area contributed by atoms with Crippen LogP contribution in [0.25, 0.3) is 6.08 Å². The smallest absolute Gasteiger partial charge is 0.338 e. The molecule has 0 unspecified atom stereocenters. The molecule has 0 aliphatic carbocycles. The lowest BCUT2D eigenvalue weighted by molar-refractivity contribution is -0.143. The van der Waals surface area contributed by atoms with Crippen molar-refractivity contribution >= 4 is 41.1 Å². The van der Waals surface area contributed by atoms with Gasteiger partial charge in [-0.15, -0.1) is 11.8 Å². The van der Waals surface area contributed by atoms with E-state index >= 15 is 0 Å². The molecular formula is C32H35N3O6S2. The molecule has 1 saturated heterocycles. The molecule has 226 valence electrons. The highest BCUT2D eigenvalue weighted by Gasteiger charge is 2.33. The third-order valence-electron chi connectivity index (χ3n) is 7.31. The average Bonchev–Trinajstić information content (AvgIpc) is 3.64. The quantitative estimate of drug-likeness (QED) is 0.264. The number of hydrogen-bond acceptors (Lipinski definition) is 9. The van der Waals surface area contributed by atoms with E-state index in [1.165, 1.54) is 18.4 Å². The van der Waals surface area contributed by atoms with Gasteiger partial charge in [-0.05, 0) is 81.3 Å². The minimum absolute atomic E-state index is 0.0469. The Balaban J connectivity index is 1.51. The van der Waals surface area contributed by atoms with Gasteiger partial charge in [0.05, 0.1) is 35.1 Å².